The van der Waals surface area contributed by atoms with Gasteiger partial charge in [0.2, 0.25) is 0 Å². The fourth-order valence-electron chi connectivity index (χ4n) is 2.24. The molecule has 1 unspecified atom stereocenters. The molecule has 1 aromatic heterocycles. The first-order valence-corrected chi connectivity index (χ1v) is 6.49. The van der Waals surface area contributed by atoms with Gasteiger partial charge in [-0.15, -0.1) is 0 Å². The second-order valence-corrected chi connectivity index (χ2v) is 4.73. The molecule has 2 rings (SSSR count). The lowest BCUT2D eigenvalue weighted by atomic mass is 10.0. The molecule has 0 saturated heterocycles. The zero-order chi connectivity index (χ0) is 13.1. The molecule has 0 radical (unpaired) electrons. The third-order valence-corrected chi connectivity index (χ3v) is 3.41. The fourth-order valence-corrected chi connectivity index (χ4v) is 2.46. The molecule has 0 amide bonds. The lowest BCUT2D eigenvalue weighted by molar-refractivity contribution is 0.588. The standard InChI is InChI=1S/C14H18ClN3/c1-4-18-8-7-17-14(18)13(16-3)12-6-5-11(15)9-10(12)2/h5-9,13,16H,4H2,1-3H3. The summed E-state index contributed by atoms with van der Waals surface area (Å²) in [4.78, 5) is 4.47. The molecule has 0 aliphatic heterocycles. The van der Waals surface area contributed by atoms with Crippen molar-refractivity contribution in [2.75, 3.05) is 7.05 Å². The van der Waals surface area contributed by atoms with Gasteiger partial charge < -0.3 is 9.88 Å². The van der Waals surface area contributed by atoms with Gasteiger partial charge in [-0.25, -0.2) is 4.98 Å². The summed E-state index contributed by atoms with van der Waals surface area (Å²) in [5.41, 5.74) is 2.38. The molecule has 0 bridgehead atoms. The molecule has 3 nitrogen and oxygen atoms in total. The lowest BCUT2D eigenvalue weighted by Gasteiger charge is -2.19. The molecule has 0 aliphatic rings. The number of halogens is 1. The van der Waals surface area contributed by atoms with Crippen molar-refractivity contribution < 1.29 is 0 Å². The van der Waals surface area contributed by atoms with E-state index in [-0.39, 0.29) is 6.04 Å². The average Bonchev–Trinajstić information content (AvgIpc) is 2.81. The number of benzene rings is 1. The zero-order valence-corrected chi connectivity index (χ0v) is 11.7. The normalized spacial score (nSPS) is 12.7. The van der Waals surface area contributed by atoms with Crippen LogP contribution in [0.15, 0.2) is 30.6 Å². The number of hydrogen-bond donors (Lipinski definition) is 1. The molecule has 0 spiro atoms. The van der Waals surface area contributed by atoms with Gasteiger partial charge in [0, 0.05) is 24.0 Å². The van der Waals surface area contributed by atoms with Crippen LogP contribution >= 0.6 is 11.6 Å². The van der Waals surface area contributed by atoms with Crippen LogP contribution < -0.4 is 5.32 Å². The third kappa shape index (κ3) is 2.42. The Morgan fingerprint density at radius 1 is 1.44 bits per heavy atom. The fraction of sp³-hybridized carbons (Fsp3) is 0.357. The second kappa shape index (κ2) is 5.55. The summed E-state index contributed by atoms with van der Waals surface area (Å²) in [6.45, 7) is 5.11. The van der Waals surface area contributed by atoms with E-state index < -0.39 is 0 Å². The summed E-state index contributed by atoms with van der Waals surface area (Å²) in [7, 11) is 1.95. The van der Waals surface area contributed by atoms with Crippen LogP contribution in [-0.4, -0.2) is 16.6 Å². The molecule has 0 fully saturated rings. The summed E-state index contributed by atoms with van der Waals surface area (Å²) < 4.78 is 2.15. The SMILES string of the molecule is CCn1ccnc1C(NC)c1ccc(Cl)cc1C. The highest BCUT2D eigenvalue weighted by atomic mass is 35.5. The van der Waals surface area contributed by atoms with Crippen LogP contribution in [0.2, 0.25) is 5.02 Å². The van der Waals surface area contributed by atoms with E-state index in [0.717, 1.165) is 17.4 Å². The minimum Gasteiger partial charge on any atom is -0.334 e. The lowest BCUT2D eigenvalue weighted by Crippen LogP contribution is -2.22. The van der Waals surface area contributed by atoms with Crippen molar-refractivity contribution in [2.45, 2.75) is 26.4 Å². The molecule has 96 valence electrons. The summed E-state index contributed by atoms with van der Waals surface area (Å²) in [6, 6.07) is 6.07. The number of nitrogens with one attached hydrogen (secondary N) is 1. The topological polar surface area (TPSA) is 29.9 Å². The van der Waals surface area contributed by atoms with Crippen LogP contribution in [0.1, 0.15) is 29.9 Å². The maximum absolute atomic E-state index is 6.01. The van der Waals surface area contributed by atoms with Gasteiger partial charge in [-0.3, -0.25) is 0 Å². The highest BCUT2D eigenvalue weighted by molar-refractivity contribution is 6.30. The predicted molar refractivity (Wildman–Crippen MR) is 75.0 cm³/mol. The first kappa shape index (κ1) is 13.1. The molecule has 1 heterocycles. The van der Waals surface area contributed by atoms with Crippen LogP contribution in [0.25, 0.3) is 0 Å². The highest BCUT2D eigenvalue weighted by Crippen LogP contribution is 2.25. The maximum Gasteiger partial charge on any atom is 0.130 e. The Kier molecular flexibility index (Phi) is 4.04. The van der Waals surface area contributed by atoms with Gasteiger partial charge in [0.1, 0.15) is 5.82 Å². The highest BCUT2D eigenvalue weighted by Gasteiger charge is 2.18. The van der Waals surface area contributed by atoms with Crippen LogP contribution in [-0.2, 0) is 6.54 Å². The maximum atomic E-state index is 6.01. The minimum atomic E-state index is 0.0946. The summed E-state index contributed by atoms with van der Waals surface area (Å²) in [5, 5.41) is 4.10. The molecule has 1 atom stereocenters. The van der Waals surface area contributed by atoms with Crippen LogP contribution in [0, 0.1) is 6.92 Å². The van der Waals surface area contributed by atoms with Crippen molar-refractivity contribution >= 4 is 11.6 Å². The molecule has 1 N–H and O–H groups in total. The van der Waals surface area contributed by atoms with E-state index in [1.165, 1.54) is 11.1 Å². The molecule has 2 aromatic rings. The largest absolute Gasteiger partial charge is 0.334 e. The van der Waals surface area contributed by atoms with E-state index in [0.29, 0.717) is 0 Å². The molecule has 4 heteroatoms. The number of nitrogens with zero attached hydrogens (tertiary/aromatic N) is 2. The minimum absolute atomic E-state index is 0.0946. The Morgan fingerprint density at radius 3 is 2.83 bits per heavy atom. The van der Waals surface area contributed by atoms with Crippen LogP contribution in [0.4, 0.5) is 0 Å². The van der Waals surface area contributed by atoms with Gasteiger partial charge in [0.25, 0.3) is 0 Å². The van der Waals surface area contributed by atoms with E-state index in [9.17, 15) is 0 Å². The predicted octanol–water partition coefficient (Wildman–Crippen LogP) is 3.17. The number of imidazole rings is 1. The van der Waals surface area contributed by atoms with Gasteiger partial charge in [0.05, 0.1) is 6.04 Å². The number of rotatable bonds is 4. The van der Waals surface area contributed by atoms with E-state index in [2.05, 4.69) is 34.8 Å². The van der Waals surface area contributed by atoms with Gasteiger partial charge >= 0.3 is 0 Å². The third-order valence-electron chi connectivity index (χ3n) is 3.18. The average molecular weight is 264 g/mol. The van der Waals surface area contributed by atoms with Gasteiger partial charge in [-0.2, -0.15) is 0 Å². The van der Waals surface area contributed by atoms with Gasteiger partial charge in [0.15, 0.2) is 0 Å². The van der Waals surface area contributed by atoms with Crippen molar-refractivity contribution in [1.29, 1.82) is 0 Å². The summed E-state index contributed by atoms with van der Waals surface area (Å²) in [6.07, 6.45) is 3.85. The number of aromatic nitrogens is 2. The molecule has 0 saturated carbocycles. The Bertz CT molecular complexity index is 534. The Balaban J connectivity index is 2.45. The number of hydrogen-bond acceptors (Lipinski definition) is 2. The molecule has 18 heavy (non-hydrogen) atoms. The molecular formula is C14H18ClN3. The van der Waals surface area contributed by atoms with E-state index in [1.54, 1.807) is 0 Å². The summed E-state index contributed by atoms with van der Waals surface area (Å²) in [5.74, 6) is 1.03. The molecule has 0 aliphatic carbocycles. The Labute approximate surface area is 113 Å². The van der Waals surface area contributed by atoms with E-state index in [4.69, 9.17) is 11.6 Å². The molecular weight excluding hydrogens is 246 g/mol. The summed E-state index contributed by atoms with van der Waals surface area (Å²) >= 11 is 6.01. The van der Waals surface area contributed by atoms with Crippen LogP contribution in [0.5, 0.6) is 0 Å². The molecule has 1 aromatic carbocycles. The van der Waals surface area contributed by atoms with Crippen LogP contribution in [0.3, 0.4) is 0 Å². The van der Waals surface area contributed by atoms with Gasteiger partial charge in [-0.1, -0.05) is 17.7 Å². The quantitative estimate of drug-likeness (QED) is 0.918. The zero-order valence-electron chi connectivity index (χ0n) is 10.9. The first-order chi connectivity index (χ1) is 8.67. The smallest absolute Gasteiger partial charge is 0.130 e. The van der Waals surface area contributed by atoms with Crippen molar-refractivity contribution in [3.63, 3.8) is 0 Å². The first-order valence-electron chi connectivity index (χ1n) is 6.11. The Morgan fingerprint density at radius 2 is 2.22 bits per heavy atom. The number of aryl methyl sites for hydroxylation is 2. The monoisotopic (exact) mass is 263 g/mol. The Hall–Kier alpha value is -1.32. The van der Waals surface area contributed by atoms with Crippen molar-refractivity contribution in [1.82, 2.24) is 14.9 Å². The van der Waals surface area contributed by atoms with E-state index in [1.807, 2.05) is 31.6 Å². The van der Waals surface area contributed by atoms with Crippen molar-refractivity contribution in [2.24, 2.45) is 0 Å². The second-order valence-electron chi connectivity index (χ2n) is 4.29. The van der Waals surface area contributed by atoms with Gasteiger partial charge in [-0.05, 0) is 44.2 Å². The van der Waals surface area contributed by atoms with E-state index >= 15 is 0 Å². The van der Waals surface area contributed by atoms with Crippen molar-refractivity contribution in [3.05, 3.63) is 52.6 Å². The van der Waals surface area contributed by atoms with Crippen molar-refractivity contribution in [3.8, 4) is 0 Å².